The number of benzene rings is 1. The van der Waals surface area contributed by atoms with Crippen LogP contribution in [-0.2, 0) is 4.74 Å². The van der Waals surface area contributed by atoms with E-state index in [1.165, 1.54) is 12.1 Å². The first-order valence-electron chi connectivity index (χ1n) is 6.40. The number of aromatic carboxylic acids is 1. The van der Waals surface area contributed by atoms with Crippen LogP contribution in [0.4, 0.5) is 10.5 Å². The second kappa shape index (κ2) is 5.50. The average molecular weight is 278 g/mol. The van der Waals surface area contributed by atoms with Crippen LogP contribution in [0, 0.1) is 6.92 Å². The van der Waals surface area contributed by atoms with Crippen LogP contribution in [0.1, 0.15) is 29.3 Å². The summed E-state index contributed by atoms with van der Waals surface area (Å²) in [5.74, 6) is -0.986. The number of nitrogens with one attached hydrogen (secondary N) is 2. The van der Waals surface area contributed by atoms with Gasteiger partial charge in [-0.05, 0) is 44.0 Å². The van der Waals surface area contributed by atoms with Crippen LogP contribution in [-0.4, -0.2) is 35.9 Å². The van der Waals surface area contributed by atoms with Gasteiger partial charge in [0.1, 0.15) is 0 Å². The molecule has 20 heavy (non-hydrogen) atoms. The third-order valence-corrected chi connectivity index (χ3v) is 3.36. The van der Waals surface area contributed by atoms with Crippen LogP contribution in [0.15, 0.2) is 18.2 Å². The number of hydrogen-bond donors (Lipinski definition) is 3. The first kappa shape index (κ1) is 14.3. The fourth-order valence-corrected chi connectivity index (χ4v) is 2.13. The van der Waals surface area contributed by atoms with Crippen molar-refractivity contribution in [1.82, 2.24) is 5.32 Å². The predicted molar refractivity (Wildman–Crippen MR) is 74.1 cm³/mol. The van der Waals surface area contributed by atoms with Crippen molar-refractivity contribution in [3.05, 3.63) is 29.3 Å². The Kier molecular flexibility index (Phi) is 3.94. The van der Waals surface area contributed by atoms with Gasteiger partial charge in [-0.2, -0.15) is 0 Å². The minimum absolute atomic E-state index is 0.199. The van der Waals surface area contributed by atoms with E-state index in [1.54, 1.807) is 13.0 Å². The molecule has 1 fully saturated rings. The molecule has 0 bridgehead atoms. The first-order chi connectivity index (χ1) is 9.39. The summed E-state index contributed by atoms with van der Waals surface area (Å²) in [5, 5.41) is 14.5. The lowest BCUT2D eigenvalue weighted by Crippen LogP contribution is -2.48. The van der Waals surface area contributed by atoms with Gasteiger partial charge in [0.15, 0.2) is 0 Å². The zero-order valence-electron chi connectivity index (χ0n) is 11.5. The molecule has 0 aliphatic carbocycles. The van der Waals surface area contributed by atoms with Gasteiger partial charge in [0.2, 0.25) is 0 Å². The van der Waals surface area contributed by atoms with Gasteiger partial charge in [-0.3, -0.25) is 0 Å². The van der Waals surface area contributed by atoms with E-state index in [1.807, 2.05) is 6.92 Å². The Labute approximate surface area is 117 Å². The molecule has 1 aliphatic rings. The molecule has 3 N–H and O–H groups in total. The number of carboxylic acids is 1. The van der Waals surface area contributed by atoms with E-state index in [2.05, 4.69) is 10.6 Å². The second-order valence-electron chi connectivity index (χ2n) is 5.28. The van der Waals surface area contributed by atoms with Crippen molar-refractivity contribution in [2.24, 2.45) is 0 Å². The number of urea groups is 1. The lowest BCUT2D eigenvalue weighted by molar-refractivity contribution is 0.0697. The number of carboxylic acid groups (broad SMARTS) is 1. The Morgan fingerprint density at radius 3 is 2.70 bits per heavy atom. The number of ether oxygens (including phenoxy) is 1. The van der Waals surface area contributed by atoms with Crippen molar-refractivity contribution in [3.63, 3.8) is 0 Å². The lowest BCUT2D eigenvalue weighted by atomic mass is 10.0. The number of carbonyl (C=O) groups excluding carboxylic acids is 1. The van der Waals surface area contributed by atoms with Crippen molar-refractivity contribution in [2.45, 2.75) is 25.8 Å². The van der Waals surface area contributed by atoms with Crippen molar-refractivity contribution in [3.8, 4) is 0 Å². The van der Waals surface area contributed by atoms with Crippen LogP contribution in [0.5, 0.6) is 0 Å². The summed E-state index contributed by atoms with van der Waals surface area (Å²) >= 11 is 0. The van der Waals surface area contributed by atoms with E-state index in [0.717, 1.165) is 6.42 Å². The maximum absolute atomic E-state index is 12.0. The zero-order valence-corrected chi connectivity index (χ0v) is 11.5. The molecule has 2 rings (SSSR count). The second-order valence-corrected chi connectivity index (χ2v) is 5.28. The van der Waals surface area contributed by atoms with Crippen LogP contribution >= 0.6 is 0 Å². The van der Waals surface area contributed by atoms with Gasteiger partial charge >= 0.3 is 12.0 Å². The van der Waals surface area contributed by atoms with Gasteiger partial charge in [-0.25, -0.2) is 9.59 Å². The highest BCUT2D eigenvalue weighted by molar-refractivity contribution is 5.93. The zero-order chi connectivity index (χ0) is 14.8. The van der Waals surface area contributed by atoms with Gasteiger partial charge in [0.05, 0.1) is 17.7 Å². The summed E-state index contributed by atoms with van der Waals surface area (Å²) < 4.78 is 5.27. The minimum Gasteiger partial charge on any atom is -0.478 e. The number of carbonyl (C=O) groups is 2. The minimum atomic E-state index is -0.986. The molecule has 6 heteroatoms. The van der Waals surface area contributed by atoms with E-state index in [0.29, 0.717) is 24.5 Å². The van der Waals surface area contributed by atoms with Crippen molar-refractivity contribution in [2.75, 3.05) is 18.5 Å². The summed E-state index contributed by atoms with van der Waals surface area (Å²) in [6, 6.07) is 4.26. The predicted octanol–water partition coefficient (Wildman–Crippen LogP) is 1.99. The SMILES string of the molecule is Cc1cc(C(=O)O)ccc1NC(=O)NC1(C)CCOC1. The van der Waals surface area contributed by atoms with E-state index >= 15 is 0 Å². The Balaban J connectivity index is 2.02. The summed E-state index contributed by atoms with van der Waals surface area (Å²) in [6.45, 7) is 4.82. The van der Waals surface area contributed by atoms with Crippen molar-refractivity contribution < 1.29 is 19.4 Å². The molecule has 6 nitrogen and oxygen atoms in total. The number of anilines is 1. The smallest absolute Gasteiger partial charge is 0.335 e. The topological polar surface area (TPSA) is 87.7 Å². The van der Waals surface area contributed by atoms with E-state index in [-0.39, 0.29) is 17.1 Å². The number of hydrogen-bond acceptors (Lipinski definition) is 3. The van der Waals surface area contributed by atoms with Crippen LogP contribution in [0.3, 0.4) is 0 Å². The third-order valence-electron chi connectivity index (χ3n) is 3.36. The maximum atomic E-state index is 12.0. The first-order valence-corrected chi connectivity index (χ1v) is 6.40. The van der Waals surface area contributed by atoms with Gasteiger partial charge in [0, 0.05) is 12.3 Å². The van der Waals surface area contributed by atoms with E-state index in [4.69, 9.17) is 9.84 Å². The van der Waals surface area contributed by atoms with E-state index < -0.39 is 5.97 Å². The molecule has 1 aromatic rings. The summed E-state index contributed by atoms with van der Waals surface area (Å²) in [4.78, 5) is 22.8. The Hall–Kier alpha value is -2.08. The Morgan fingerprint density at radius 1 is 1.40 bits per heavy atom. The van der Waals surface area contributed by atoms with Crippen LogP contribution in [0.2, 0.25) is 0 Å². The van der Waals surface area contributed by atoms with Gasteiger partial charge in [0.25, 0.3) is 0 Å². The van der Waals surface area contributed by atoms with Gasteiger partial charge in [-0.1, -0.05) is 0 Å². The molecular formula is C14H18N2O4. The molecule has 2 amide bonds. The Morgan fingerprint density at radius 2 is 2.15 bits per heavy atom. The molecule has 0 radical (unpaired) electrons. The molecule has 1 unspecified atom stereocenters. The maximum Gasteiger partial charge on any atom is 0.335 e. The molecule has 1 heterocycles. The quantitative estimate of drug-likeness (QED) is 0.789. The molecule has 1 aliphatic heterocycles. The largest absolute Gasteiger partial charge is 0.478 e. The standard InChI is InChI=1S/C14H18N2O4/c1-9-7-10(12(17)18)3-4-11(9)15-13(19)16-14(2)5-6-20-8-14/h3-4,7H,5-6,8H2,1-2H3,(H,17,18)(H2,15,16,19). The summed E-state index contributed by atoms with van der Waals surface area (Å²) in [5.41, 5.74) is 1.14. The van der Waals surface area contributed by atoms with Crippen LogP contribution in [0.25, 0.3) is 0 Å². The molecular weight excluding hydrogens is 260 g/mol. The fraction of sp³-hybridized carbons (Fsp3) is 0.429. The molecule has 1 saturated heterocycles. The van der Waals surface area contributed by atoms with Crippen LogP contribution < -0.4 is 10.6 Å². The highest BCUT2D eigenvalue weighted by atomic mass is 16.5. The molecule has 1 aromatic carbocycles. The van der Waals surface area contributed by atoms with Gasteiger partial charge in [-0.15, -0.1) is 0 Å². The number of rotatable bonds is 3. The van der Waals surface area contributed by atoms with Crippen molar-refractivity contribution in [1.29, 1.82) is 0 Å². The molecule has 0 saturated carbocycles. The monoisotopic (exact) mass is 278 g/mol. The molecule has 0 spiro atoms. The fourth-order valence-electron chi connectivity index (χ4n) is 2.13. The Bertz CT molecular complexity index is 536. The van der Waals surface area contributed by atoms with Crippen molar-refractivity contribution >= 4 is 17.7 Å². The molecule has 1 atom stereocenters. The highest BCUT2D eigenvalue weighted by Gasteiger charge is 2.31. The molecule has 0 aromatic heterocycles. The number of aryl methyl sites for hydroxylation is 1. The third kappa shape index (κ3) is 3.27. The lowest BCUT2D eigenvalue weighted by Gasteiger charge is -2.24. The molecule has 108 valence electrons. The summed E-state index contributed by atoms with van der Waals surface area (Å²) in [6.07, 6.45) is 0.775. The summed E-state index contributed by atoms with van der Waals surface area (Å²) in [7, 11) is 0. The average Bonchev–Trinajstić information content (AvgIpc) is 2.77. The van der Waals surface area contributed by atoms with Gasteiger partial charge < -0.3 is 20.5 Å². The van der Waals surface area contributed by atoms with E-state index in [9.17, 15) is 9.59 Å². The normalized spacial score (nSPS) is 21.5. The number of amides is 2. The highest BCUT2D eigenvalue weighted by Crippen LogP contribution is 2.19.